The predicted molar refractivity (Wildman–Crippen MR) is 73.6 cm³/mol. The molecule has 0 spiro atoms. The average Bonchev–Trinajstić information content (AvgIpc) is 2.37. The SMILES string of the molecule is CCCNc1ncnc(N(C)CC(C)C#N)c1C. The van der Waals surface area contributed by atoms with Crippen molar-refractivity contribution in [3.8, 4) is 6.07 Å². The van der Waals surface area contributed by atoms with Gasteiger partial charge in [0.1, 0.15) is 18.0 Å². The van der Waals surface area contributed by atoms with Gasteiger partial charge in [0.05, 0.1) is 12.0 Å². The van der Waals surface area contributed by atoms with Crippen LogP contribution in [0.1, 0.15) is 25.8 Å². The molecule has 5 nitrogen and oxygen atoms in total. The number of rotatable bonds is 6. The van der Waals surface area contributed by atoms with Gasteiger partial charge < -0.3 is 10.2 Å². The molecule has 0 aromatic carbocycles. The molecule has 1 aromatic heterocycles. The summed E-state index contributed by atoms with van der Waals surface area (Å²) in [7, 11) is 1.95. The second-order valence-electron chi connectivity index (χ2n) is 4.51. The molecule has 0 amide bonds. The first-order valence-corrected chi connectivity index (χ1v) is 6.26. The molecule has 5 heteroatoms. The second-order valence-corrected chi connectivity index (χ2v) is 4.51. The molecule has 0 aliphatic carbocycles. The number of nitriles is 1. The molecule has 1 heterocycles. The third kappa shape index (κ3) is 3.59. The fourth-order valence-corrected chi connectivity index (χ4v) is 1.79. The molecule has 98 valence electrons. The monoisotopic (exact) mass is 247 g/mol. The van der Waals surface area contributed by atoms with Crippen molar-refractivity contribution in [2.75, 3.05) is 30.4 Å². The van der Waals surface area contributed by atoms with Gasteiger partial charge in [0.15, 0.2) is 0 Å². The van der Waals surface area contributed by atoms with E-state index in [1.807, 2.05) is 25.8 Å². The van der Waals surface area contributed by atoms with Crippen molar-refractivity contribution in [3.63, 3.8) is 0 Å². The van der Waals surface area contributed by atoms with Crippen LogP contribution in [0.25, 0.3) is 0 Å². The van der Waals surface area contributed by atoms with E-state index in [1.165, 1.54) is 0 Å². The Bertz CT molecular complexity index is 424. The predicted octanol–water partition coefficient (Wildman–Crippen LogP) is 2.20. The maximum absolute atomic E-state index is 8.85. The molecular weight excluding hydrogens is 226 g/mol. The van der Waals surface area contributed by atoms with Gasteiger partial charge in [-0.2, -0.15) is 5.26 Å². The number of aromatic nitrogens is 2. The van der Waals surface area contributed by atoms with E-state index in [-0.39, 0.29) is 5.92 Å². The molecule has 0 saturated heterocycles. The summed E-state index contributed by atoms with van der Waals surface area (Å²) in [6, 6.07) is 2.23. The number of anilines is 2. The van der Waals surface area contributed by atoms with Gasteiger partial charge in [0.25, 0.3) is 0 Å². The minimum absolute atomic E-state index is 0.0172. The highest BCUT2D eigenvalue weighted by atomic mass is 15.2. The van der Waals surface area contributed by atoms with Gasteiger partial charge in [0, 0.05) is 25.7 Å². The third-order valence-corrected chi connectivity index (χ3v) is 2.73. The Kier molecular flexibility index (Phi) is 5.37. The highest BCUT2D eigenvalue weighted by Gasteiger charge is 2.12. The van der Waals surface area contributed by atoms with E-state index in [4.69, 9.17) is 5.26 Å². The standard InChI is InChI=1S/C13H21N5/c1-5-6-15-12-11(3)13(17-9-16-12)18(4)8-10(2)7-14/h9-10H,5-6,8H2,1-4H3,(H,15,16,17). The molecule has 0 aliphatic heterocycles. The molecule has 0 bridgehead atoms. The van der Waals surface area contributed by atoms with Gasteiger partial charge >= 0.3 is 0 Å². The first-order valence-electron chi connectivity index (χ1n) is 6.26. The molecule has 0 saturated carbocycles. The molecule has 1 atom stereocenters. The van der Waals surface area contributed by atoms with Crippen LogP contribution in [0.2, 0.25) is 0 Å². The molecular formula is C13H21N5. The van der Waals surface area contributed by atoms with Crippen LogP contribution in [0.3, 0.4) is 0 Å². The van der Waals surface area contributed by atoms with Crippen LogP contribution in [0.5, 0.6) is 0 Å². The zero-order chi connectivity index (χ0) is 13.5. The fourth-order valence-electron chi connectivity index (χ4n) is 1.79. The van der Waals surface area contributed by atoms with E-state index < -0.39 is 0 Å². The van der Waals surface area contributed by atoms with Crippen LogP contribution in [0, 0.1) is 24.2 Å². The summed E-state index contributed by atoms with van der Waals surface area (Å²) < 4.78 is 0. The van der Waals surface area contributed by atoms with Crippen LogP contribution in [0.15, 0.2) is 6.33 Å². The number of hydrogen-bond acceptors (Lipinski definition) is 5. The number of nitrogens with one attached hydrogen (secondary N) is 1. The number of hydrogen-bond donors (Lipinski definition) is 1. The van der Waals surface area contributed by atoms with Crippen LogP contribution >= 0.6 is 0 Å². The summed E-state index contributed by atoms with van der Waals surface area (Å²) in [5.41, 5.74) is 1.03. The van der Waals surface area contributed by atoms with E-state index in [1.54, 1.807) is 6.33 Å². The normalized spacial score (nSPS) is 11.7. The lowest BCUT2D eigenvalue weighted by Crippen LogP contribution is -2.25. The molecule has 1 unspecified atom stereocenters. The fraction of sp³-hybridized carbons (Fsp3) is 0.615. The summed E-state index contributed by atoms with van der Waals surface area (Å²) in [6.07, 6.45) is 2.62. The van der Waals surface area contributed by atoms with Gasteiger partial charge in [0.2, 0.25) is 0 Å². The first kappa shape index (κ1) is 14.2. The third-order valence-electron chi connectivity index (χ3n) is 2.73. The largest absolute Gasteiger partial charge is 0.370 e. The maximum Gasteiger partial charge on any atom is 0.136 e. The van der Waals surface area contributed by atoms with Crippen molar-refractivity contribution in [1.29, 1.82) is 5.26 Å². The molecule has 0 fully saturated rings. The van der Waals surface area contributed by atoms with Crippen molar-refractivity contribution in [2.45, 2.75) is 27.2 Å². The Morgan fingerprint density at radius 3 is 2.83 bits per heavy atom. The molecule has 1 N–H and O–H groups in total. The van der Waals surface area contributed by atoms with Crippen LogP contribution < -0.4 is 10.2 Å². The van der Waals surface area contributed by atoms with E-state index in [0.29, 0.717) is 6.54 Å². The maximum atomic E-state index is 8.85. The quantitative estimate of drug-likeness (QED) is 0.835. The van der Waals surface area contributed by atoms with Crippen molar-refractivity contribution in [3.05, 3.63) is 11.9 Å². The van der Waals surface area contributed by atoms with E-state index >= 15 is 0 Å². The lowest BCUT2D eigenvalue weighted by Gasteiger charge is -2.22. The summed E-state index contributed by atoms with van der Waals surface area (Å²) in [5.74, 6) is 1.74. The summed E-state index contributed by atoms with van der Waals surface area (Å²) in [4.78, 5) is 10.5. The Labute approximate surface area is 109 Å². The highest BCUT2D eigenvalue weighted by Crippen LogP contribution is 2.21. The zero-order valence-corrected chi connectivity index (χ0v) is 11.6. The molecule has 18 heavy (non-hydrogen) atoms. The summed E-state index contributed by atoms with van der Waals surface area (Å²) in [5, 5.41) is 12.1. The molecule has 1 aromatic rings. The smallest absolute Gasteiger partial charge is 0.136 e. The zero-order valence-electron chi connectivity index (χ0n) is 11.6. The van der Waals surface area contributed by atoms with Crippen LogP contribution in [-0.4, -0.2) is 30.1 Å². The highest BCUT2D eigenvalue weighted by molar-refractivity contribution is 5.57. The summed E-state index contributed by atoms with van der Waals surface area (Å²) in [6.45, 7) is 7.59. The lowest BCUT2D eigenvalue weighted by molar-refractivity contribution is 0.707. The molecule has 1 rings (SSSR count). The lowest BCUT2D eigenvalue weighted by atomic mass is 10.2. The second kappa shape index (κ2) is 6.80. The first-order chi connectivity index (χ1) is 8.60. The van der Waals surface area contributed by atoms with Gasteiger partial charge in [-0.3, -0.25) is 0 Å². The van der Waals surface area contributed by atoms with Gasteiger partial charge in [-0.15, -0.1) is 0 Å². The van der Waals surface area contributed by atoms with Crippen molar-refractivity contribution >= 4 is 11.6 Å². The van der Waals surface area contributed by atoms with Crippen LogP contribution in [-0.2, 0) is 0 Å². The van der Waals surface area contributed by atoms with Crippen molar-refractivity contribution in [2.24, 2.45) is 5.92 Å². The average molecular weight is 247 g/mol. The Balaban J connectivity index is 2.86. The minimum atomic E-state index is -0.0172. The van der Waals surface area contributed by atoms with Crippen LogP contribution in [0.4, 0.5) is 11.6 Å². The molecule has 0 radical (unpaired) electrons. The molecule has 0 aliphatic rings. The number of nitrogens with zero attached hydrogens (tertiary/aromatic N) is 4. The van der Waals surface area contributed by atoms with E-state index in [0.717, 1.165) is 30.2 Å². The topological polar surface area (TPSA) is 64.8 Å². The Morgan fingerprint density at radius 1 is 1.50 bits per heavy atom. The van der Waals surface area contributed by atoms with Crippen molar-refractivity contribution < 1.29 is 0 Å². The van der Waals surface area contributed by atoms with Gasteiger partial charge in [-0.25, -0.2) is 9.97 Å². The Hall–Kier alpha value is -1.83. The van der Waals surface area contributed by atoms with Gasteiger partial charge in [-0.1, -0.05) is 6.92 Å². The summed E-state index contributed by atoms with van der Waals surface area (Å²) >= 11 is 0. The van der Waals surface area contributed by atoms with E-state index in [9.17, 15) is 0 Å². The van der Waals surface area contributed by atoms with Crippen molar-refractivity contribution in [1.82, 2.24) is 9.97 Å². The minimum Gasteiger partial charge on any atom is -0.370 e. The Morgan fingerprint density at radius 2 is 2.22 bits per heavy atom. The van der Waals surface area contributed by atoms with E-state index in [2.05, 4.69) is 28.3 Å². The van der Waals surface area contributed by atoms with Gasteiger partial charge in [-0.05, 0) is 20.3 Å².